The van der Waals surface area contributed by atoms with Gasteiger partial charge in [0.25, 0.3) is 5.91 Å². The molecule has 5 nitrogen and oxygen atoms in total. The van der Waals surface area contributed by atoms with Gasteiger partial charge in [-0.3, -0.25) is 4.79 Å². The average Bonchev–Trinajstić information content (AvgIpc) is 2.82. The molecule has 2 aliphatic heterocycles. The summed E-state index contributed by atoms with van der Waals surface area (Å²) in [6.45, 7) is 6.63. The van der Waals surface area contributed by atoms with Crippen molar-refractivity contribution in [2.75, 3.05) is 19.8 Å². The molecule has 6 heteroatoms. The van der Waals surface area contributed by atoms with Gasteiger partial charge in [-0.15, -0.1) is 0 Å². The molecule has 0 radical (unpaired) electrons. The van der Waals surface area contributed by atoms with Crippen LogP contribution >= 0.6 is 11.6 Å². The second-order valence-electron chi connectivity index (χ2n) is 7.02. The molecule has 2 aliphatic rings. The number of hydrogen-bond donors (Lipinski definition) is 2. The molecule has 0 unspecified atom stereocenters. The second-order valence-corrected chi connectivity index (χ2v) is 7.46. The quantitative estimate of drug-likeness (QED) is 0.813. The molecule has 130 valence electrons. The van der Waals surface area contributed by atoms with E-state index < -0.39 is 5.54 Å². The largest absolute Gasteiger partial charge is 0.329 e. The number of quaternary nitrogens is 1. The first-order valence-corrected chi connectivity index (χ1v) is 9.08. The first kappa shape index (κ1) is 17.2. The van der Waals surface area contributed by atoms with Crippen LogP contribution in [0.3, 0.4) is 0 Å². The fourth-order valence-corrected chi connectivity index (χ4v) is 3.91. The molecule has 24 heavy (non-hydrogen) atoms. The van der Waals surface area contributed by atoms with Gasteiger partial charge in [0.2, 0.25) is 0 Å². The lowest BCUT2D eigenvalue weighted by Crippen LogP contribution is -3.14. The number of nitrogens with zero attached hydrogens (tertiary/aromatic N) is 1. The zero-order valence-corrected chi connectivity index (χ0v) is 15.0. The number of carbonyl (C=O) groups excluding carboxylic acids is 2. The second kappa shape index (κ2) is 6.73. The lowest BCUT2D eigenvalue weighted by Gasteiger charge is -2.30. The van der Waals surface area contributed by atoms with Crippen LogP contribution in [0.25, 0.3) is 0 Å². The Morgan fingerprint density at radius 3 is 2.67 bits per heavy atom. The molecule has 0 saturated carbocycles. The molecule has 1 atom stereocenters. The van der Waals surface area contributed by atoms with Gasteiger partial charge >= 0.3 is 6.03 Å². The number of carbonyl (C=O) groups is 2. The highest BCUT2D eigenvalue weighted by atomic mass is 35.5. The molecule has 1 aromatic rings. The highest BCUT2D eigenvalue weighted by Crippen LogP contribution is 2.33. The van der Waals surface area contributed by atoms with E-state index in [-0.39, 0.29) is 11.9 Å². The molecule has 3 rings (SSSR count). The van der Waals surface area contributed by atoms with Crippen molar-refractivity contribution >= 4 is 23.5 Å². The van der Waals surface area contributed by atoms with Gasteiger partial charge in [0.1, 0.15) is 5.54 Å². The van der Waals surface area contributed by atoms with E-state index in [2.05, 4.69) is 12.2 Å². The van der Waals surface area contributed by atoms with Gasteiger partial charge in [-0.2, -0.15) is 0 Å². The molecule has 2 N–H and O–H groups in total. The van der Waals surface area contributed by atoms with Gasteiger partial charge in [-0.1, -0.05) is 37.6 Å². The van der Waals surface area contributed by atoms with E-state index in [9.17, 15) is 9.59 Å². The Bertz CT molecular complexity index is 643. The van der Waals surface area contributed by atoms with Gasteiger partial charge < -0.3 is 10.2 Å². The summed E-state index contributed by atoms with van der Waals surface area (Å²) in [4.78, 5) is 28.3. The highest BCUT2D eigenvalue weighted by Gasteiger charge is 2.52. The Hall–Kier alpha value is -1.59. The lowest BCUT2D eigenvalue weighted by molar-refractivity contribution is -0.913. The summed E-state index contributed by atoms with van der Waals surface area (Å²) >= 11 is 6.09. The van der Waals surface area contributed by atoms with Crippen LogP contribution in [-0.2, 0) is 10.3 Å². The standard InChI is InChI=1S/C18H24ClN3O2/c1-3-18(14-5-4-6-15(19)11-14)16(23)22(17(24)20-18)12-21-9-7-13(2)8-10-21/h4-6,11,13H,3,7-10,12H2,1-2H3,(H,20,24)/p+1/t18-/m1/s1. The maximum atomic E-state index is 13.1. The van der Waals surface area contributed by atoms with Crippen LogP contribution in [0, 0.1) is 5.92 Å². The minimum absolute atomic E-state index is 0.164. The smallest absolute Gasteiger partial charge is 0.319 e. The van der Waals surface area contributed by atoms with Crippen molar-refractivity contribution in [3.8, 4) is 0 Å². The number of hydrogen-bond acceptors (Lipinski definition) is 2. The van der Waals surface area contributed by atoms with Crippen molar-refractivity contribution in [2.45, 2.75) is 38.6 Å². The molecule has 3 amide bonds. The van der Waals surface area contributed by atoms with E-state index in [4.69, 9.17) is 11.6 Å². The van der Waals surface area contributed by atoms with Gasteiger partial charge in [-0.25, -0.2) is 9.69 Å². The molecule has 2 heterocycles. The van der Waals surface area contributed by atoms with E-state index in [0.717, 1.165) is 37.4 Å². The Morgan fingerprint density at radius 2 is 2.04 bits per heavy atom. The van der Waals surface area contributed by atoms with E-state index in [1.807, 2.05) is 19.1 Å². The number of halogens is 1. The zero-order chi connectivity index (χ0) is 17.3. The number of rotatable bonds is 4. The normalized spacial score (nSPS) is 30.5. The summed E-state index contributed by atoms with van der Waals surface area (Å²) in [6.07, 6.45) is 2.79. The van der Waals surface area contributed by atoms with Gasteiger partial charge in [0, 0.05) is 5.02 Å². The summed E-state index contributed by atoms with van der Waals surface area (Å²) in [5, 5.41) is 3.49. The molecular formula is C18H25ClN3O2+. The van der Waals surface area contributed by atoms with Crippen LogP contribution in [0.1, 0.15) is 38.7 Å². The topological polar surface area (TPSA) is 53.9 Å². The molecular weight excluding hydrogens is 326 g/mol. The fourth-order valence-electron chi connectivity index (χ4n) is 3.72. The maximum absolute atomic E-state index is 13.1. The van der Waals surface area contributed by atoms with Crippen LogP contribution in [0.15, 0.2) is 24.3 Å². The summed E-state index contributed by atoms with van der Waals surface area (Å²) < 4.78 is 0. The Morgan fingerprint density at radius 1 is 1.33 bits per heavy atom. The van der Waals surface area contributed by atoms with E-state index >= 15 is 0 Å². The van der Waals surface area contributed by atoms with E-state index in [1.165, 1.54) is 9.80 Å². The Kier molecular flexibility index (Phi) is 4.83. The number of benzene rings is 1. The van der Waals surface area contributed by atoms with Gasteiger partial charge in [0.05, 0.1) is 13.1 Å². The van der Waals surface area contributed by atoms with Crippen LogP contribution in [0.5, 0.6) is 0 Å². The van der Waals surface area contributed by atoms with Crippen LogP contribution in [0.2, 0.25) is 5.02 Å². The average molecular weight is 351 g/mol. The number of urea groups is 1. The predicted octanol–water partition coefficient (Wildman–Crippen LogP) is 1.77. The molecule has 0 aromatic heterocycles. The fraction of sp³-hybridized carbons (Fsp3) is 0.556. The highest BCUT2D eigenvalue weighted by molar-refractivity contribution is 6.30. The zero-order valence-electron chi connectivity index (χ0n) is 14.3. The van der Waals surface area contributed by atoms with Crippen molar-refractivity contribution < 1.29 is 14.5 Å². The van der Waals surface area contributed by atoms with Crippen molar-refractivity contribution in [2.24, 2.45) is 5.92 Å². The molecule has 0 aliphatic carbocycles. The Balaban J connectivity index is 1.81. The number of likely N-dealkylation sites (tertiary alicyclic amines) is 1. The van der Waals surface area contributed by atoms with Crippen molar-refractivity contribution in [3.05, 3.63) is 34.9 Å². The molecule has 1 aromatic carbocycles. The predicted molar refractivity (Wildman–Crippen MR) is 92.8 cm³/mol. The molecule has 2 saturated heterocycles. The van der Waals surface area contributed by atoms with Crippen molar-refractivity contribution in [3.63, 3.8) is 0 Å². The minimum atomic E-state index is -0.996. The van der Waals surface area contributed by atoms with Crippen LogP contribution < -0.4 is 10.2 Å². The van der Waals surface area contributed by atoms with Crippen LogP contribution in [0.4, 0.5) is 4.79 Å². The lowest BCUT2D eigenvalue weighted by atomic mass is 9.87. The summed E-state index contributed by atoms with van der Waals surface area (Å²) in [5.74, 6) is 0.571. The number of piperidine rings is 1. The molecule has 2 fully saturated rings. The maximum Gasteiger partial charge on any atom is 0.329 e. The first-order valence-electron chi connectivity index (χ1n) is 8.70. The van der Waals surface area contributed by atoms with Crippen molar-refractivity contribution in [1.82, 2.24) is 10.2 Å². The van der Waals surface area contributed by atoms with E-state index in [0.29, 0.717) is 18.1 Å². The number of imide groups is 1. The van der Waals surface area contributed by atoms with Gasteiger partial charge in [0.15, 0.2) is 6.67 Å². The SMILES string of the molecule is CC[C@]1(c2cccc(Cl)c2)NC(=O)N(C[NH+]2CCC(C)CC2)C1=O. The first-order chi connectivity index (χ1) is 11.5. The third kappa shape index (κ3) is 3.03. The number of nitrogens with one attached hydrogen (secondary N) is 2. The summed E-state index contributed by atoms with van der Waals surface area (Å²) in [7, 11) is 0. The molecule has 0 spiro atoms. The molecule has 0 bridgehead atoms. The Labute approximate surface area is 147 Å². The number of amides is 3. The third-order valence-electron chi connectivity index (χ3n) is 5.39. The minimum Gasteiger partial charge on any atom is -0.319 e. The summed E-state index contributed by atoms with van der Waals surface area (Å²) in [6, 6.07) is 6.91. The monoisotopic (exact) mass is 350 g/mol. The van der Waals surface area contributed by atoms with Gasteiger partial charge in [-0.05, 0) is 42.9 Å². The third-order valence-corrected chi connectivity index (χ3v) is 5.62. The summed E-state index contributed by atoms with van der Waals surface area (Å²) in [5.41, 5.74) is -0.245. The van der Waals surface area contributed by atoms with Crippen molar-refractivity contribution in [1.29, 1.82) is 0 Å². The van der Waals surface area contributed by atoms with E-state index in [1.54, 1.807) is 12.1 Å². The van der Waals surface area contributed by atoms with Crippen LogP contribution in [-0.4, -0.2) is 36.6 Å².